The molecule has 0 aliphatic carbocycles. The highest BCUT2D eigenvalue weighted by Crippen LogP contribution is 2.33. The summed E-state index contributed by atoms with van der Waals surface area (Å²) < 4.78 is 28.4. The summed E-state index contributed by atoms with van der Waals surface area (Å²) >= 11 is 0. The molecule has 0 fully saturated rings. The van der Waals surface area contributed by atoms with E-state index in [0.717, 1.165) is 38.1 Å². The van der Waals surface area contributed by atoms with Gasteiger partial charge in [0.15, 0.2) is 0 Å². The maximum absolute atomic E-state index is 11.5. The molecule has 0 amide bonds. The summed E-state index contributed by atoms with van der Waals surface area (Å²) in [6.45, 7) is 3.76. The van der Waals surface area contributed by atoms with Crippen LogP contribution in [0.5, 0.6) is 5.75 Å². The van der Waals surface area contributed by atoms with E-state index in [0.29, 0.717) is 0 Å². The topological polar surface area (TPSA) is 46.6 Å². The molecule has 1 aromatic carbocycles. The van der Waals surface area contributed by atoms with Crippen molar-refractivity contribution >= 4 is 15.5 Å². The monoisotopic (exact) mass is 311 g/mol. The lowest BCUT2D eigenvalue weighted by atomic mass is 10.1. The minimum Gasteiger partial charge on any atom is -0.496 e. The van der Waals surface area contributed by atoms with Crippen molar-refractivity contribution in [1.29, 1.82) is 0 Å². The SMILES string of the molecule is COc1cccc2c1CCCCN2CC(C)CS(C)(=O)=O. The molecule has 1 atom stereocenters. The Morgan fingerprint density at radius 2 is 2.10 bits per heavy atom. The van der Waals surface area contributed by atoms with Crippen molar-refractivity contribution in [3.8, 4) is 5.75 Å². The zero-order chi connectivity index (χ0) is 15.5. The molecule has 0 saturated heterocycles. The van der Waals surface area contributed by atoms with Gasteiger partial charge in [-0.2, -0.15) is 0 Å². The first-order valence-electron chi connectivity index (χ1n) is 7.49. The lowest BCUT2D eigenvalue weighted by Crippen LogP contribution is -2.32. The highest BCUT2D eigenvalue weighted by Gasteiger charge is 2.21. The average Bonchev–Trinajstić information content (AvgIpc) is 2.59. The fraction of sp³-hybridized carbons (Fsp3) is 0.625. The molecule has 4 nitrogen and oxygen atoms in total. The van der Waals surface area contributed by atoms with Gasteiger partial charge in [-0.25, -0.2) is 8.42 Å². The van der Waals surface area contributed by atoms with Crippen LogP contribution in [0, 0.1) is 5.92 Å². The van der Waals surface area contributed by atoms with Gasteiger partial charge in [0, 0.05) is 30.6 Å². The normalized spacial score (nSPS) is 17.0. The Kier molecular flexibility index (Phi) is 5.14. The molecule has 21 heavy (non-hydrogen) atoms. The Labute approximate surface area is 128 Å². The largest absolute Gasteiger partial charge is 0.496 e. The molecule has 0 N–H and O–H groups in total. The van der Waals surface area contributed by atoms with E-state index < -0.39 is 9.84 Å². The number of ether oxygens (including phenoxy) is 1. The maximum atomic E-state index is 11.5. The van der Waals surface area contributed by atoms with Crippen molar-refractivity contribution < 1.29 is 13.2 Å². The fourth-order valence-electron chi connectivity index (χ4n) is 3.15. The third kappa shape index (κ3) is 4.37. The van der Waals surface area contributed by atoms with Crippen molar-refractivity contribution in [3.63, 3.8) is 0 Å². The molecule has 0 saturated carbocycles. The molecule has 0 aromatic heterocycles. The minimum atomic E-state index is -2.92. The number of rotatable bonds is 5. The molecule has 1 heterocycles. The number of benzene rings is 1. The number of sulfone groups is 1. The van der Waals surface area contributed by atoms with Gasteiger partial charge in [0.25, 0.3) is 0 Å². The second-order valence-corrected chi connectivity index (χ2v) is 8.24. The van der Waals surface area contributed by atoms with Crippen molar-refractivity contribution in [2.45, 2.75) is 26.2 Å². The van der Waals surface area contributed by atoms with Crippen LogP contribution in [0.15, 0.2) is 18.2 Å². The number of hydrogen-bond donors (Lipinski definition) is 0. The summed E-state index contributed by atoms with van der Waals surface area (Å²) in [5.74, 6) is 1.30. The first-order valence-corrected chi connectivity index (χ1v) is 9.55. The van der Waals surface area contributed by atoms with E-state index in [4.69, 9.17) is 4.74 Å². The molecule has 1 aliphatic heterocycles. The Morgan fingerprint density at radius 3 is 2.76 bits per heavy atom. The lowest BCUT2D eigenvalue weighted by molar-refractivity contribution is 0.409. The predicted molar refractivity (Wildman–Crippen MR) is 87.0 cm³/mol. The van der Waals surface area contributed by atoms with E-state index in [2.05, 4.69) is 11.0 Å². The van der Waals surface area contributed by atoms with Gasteiger partial charge in [-0.15, -0.1) is 0 Å². The van der Waals surface area contributed by atoms with Gasteiger partial charge >= 0.3 is 0 Å². The molecule has 0 spiro atoms. The molecule has 0 radical (unpaired) electrons. The van der Waals surface area contributed by atoms with Crippen molar-refractivity contribution in [3.05, 3.63) is 23.8 Å². The van der Waals surface area contributed by atoms with Crippen LogP contribution < -0.4 is 9.64 Å². The van der Waals surface area contributed by atoms with Crippen molar-refractivity contribution in [2.75, 3.05) is 37.1 Å². The first-order chi connectivity index (χ1) is 9.90. The third-order valence-electron chi connectivity index (χ3n) is 3.89. The molecule has 1 aromatic rings. The average molecular weight is 311 g/mol. The second kappa shape index (κ2) is 6.69. The molecule has 5 heteroatoms. The molecular weight excluding hydrogens is 286 g/mol. The summed E-state index contributed by atoms with van der Waals surface area (Å²) in [5, 5.41) is 0. The number of nitrogens with zero attached hydrogens (tertiary/aromatic N) is 1. The molecule has 118 valence electrons. The van der Waals surface area contributed by atoms with E-state index in [1.807, 2.05) is 19.1 Å². The van der Waals surface area contributed by atoms with Gasteiger partial charge in [-0.1, -0.05) is 13.0 Å². The van der Waals surface area contributed by atoms with E-state index in [9.17, 15) is 8.42 Å². The fourth-order valence-corrected chi connectivity index (χ4v) is 4.29. The standard InChI is InChI=1S/C16H25NO3S/c1-13(12-21(3,18)19)11-17-10-5-4-7-14-15(17)8-6-9-16(14)20-2/h6,8-9,13H,4-5,7,10-12H2,1-3H3. The number of hydrogen-bond acceptors (Lipinski definition) is 4. The zero-order valence-corrected chi connectivity index (χ0v) is 13.9. The quantitative estimate of drug-likeness (QED) is 0.838. The molecule has 1 unspecified atom stereocenters. The van der Waals surface area contributed by atoms with Gasteiger partial charge in [-0.05, 0) is 37.3 Å². The summed E-state index contributed by atoms with van der Waals surface area (Å²) in [7, 11) is -1.22. The van der Waals surface area contributed by atoms with Gasteiger partial charge in [0.1, 0.15) is 15.6 Å². The van der Waals surface area contributed by atoms with Gasteiger partial charge in [0.2, 0.25) is 0 Å². The highest BCUT2D eigenvalue weighted by molar-refractivity contribution is 7.90. The minimum absolute atomic E-state index is 0.122. The third-order valence-corrected chi connectivity index (χ3v) is 5.07. The van der Waals surface area contributed by atoms with Crippen LogP contribution in [0.4, 0.5) is 5.69 Å². The maximum Gasteiger partial charge on any atom is 0.147 e. The van der Waals surface area contributed by atoms with E-state index in [-0.39, 0.29) is 11.7 Å². The van der Waals surface area contributed by atoms with Crippen LogP contribution in [-0.2, 0) is 16.3 Å². The van der Waals surface area contributed by atoms with Crippen LogP contribution >= 0.6 is 0 Å². The predicted octanol–water partition coefficient (Wildman–Crippen LogP) is 2.52. The lowest BCUT2D eigenvalue weighted by Gasteiger charge is -2.28. The number of anilines is 1. The number of fused-ring (bicyclic) bond motifs is 1. The molecule has 1 aliphatic rings. The van der Waals surface area contributed by atoms with E-state index in [1.54, 1.807) is 7.11 Å². The van der Waals surface area contributed by atoms with Gasteiger partial charge < -0.3 is 9.64 Å². The Hall–Kier alpha value is -1.23. The van der Waals surface area contributed by atoms with Crippen LogP contribution in [0.25, 0.3) is 0 Å². The van der Waals surface area contributed by atoms with E-state index in [1.165, 1.54) is 17.5 Å². The van der Waals surface area contributed by atoms with Crippen molar-refractivity contribution in [2.24, 2.45) is 5.92 Å². The Bertz CT molecular complexity index is 583. The van der Waals surface area contributed by atoms with Gasteiger partial charge in [-0.3, -0.25) is 0 Å². The molecular formula is C16H25NO3S. The van der Waals surface area contributed by atoms with Crippen LogP contribution in [0.3, 0.4) is 0 Å². The second-order valence-electron chi connectivity index (χ2n) is 6.06. The van der Waals surface area contributed by atoms with Crippen molar-refractivity contribution in [1.82, 2.24) is 0 Å². The van der Waals surface area contributed by atoms with Gasteiger partial charge in [0.05, 0.1) is 12.9 Å². The van der Waals surface area contributed by atoms with Crippen LogP contribution in [0.2, 0.25) is 0 Å². The number of methoxy groups -OCH3 is 1. The first kappa shape index (κ1) is 16.1. The summed E-state index contributed by atoms with van der Waals surface area (Å²) in [6, 6.07) is 6.13. The zero-order valence-electron chi connectivity index (χ0n) is 13.1. The molecule has 2 rings (SSSR count). The summed E-state index contributed by atoms with van der Waals surface area (Å²) in [5.41, 5.74) is 2.45. The van der Waals surface area contributed by atoms with Crippen LogP contribution in [0.1, 0.15) is 25.3 Å². The van der Waals surface area contributed by atoms with Crippen LogP contribution in [-0.4, -0.2) is 40.6 Å². The Morgan fingerprint density at radius 1 is 1.33 bits per heavy atom. The summed E-state index contributed by atoms with van der Waals surface area (Å²) in [6.07, 6.45) is 4.60. The van der Waals surface area contributed by atoms with E-state index >= 15 is 0 Å². The smallest absolute Gasteiger partial charge is 0.147 e. The summed E-state index contributed by atoms with van der Waals surface area (Å²) in [4.78, 5) is 2.32. The highest BCUT2D eigenvalue weighted by atomic mass is 32.2. The Balaban J connectivity index is 2.22. The molecule has 0 bridgehead atoms.